The van der Waals surface area contributed by atoms with E-state index in [4.69, 9.17) is 9.73 Å². The van der Waals surface area contributed by atoms with Gasteiger partial charge in [-0.1, -0.05) is 24.3 Å². The zero-order chi connectivity index (χ0) is 20.9. The van der Waals surface area contributed by atoms with Gasteiger partial charge in [0.05, 0.1) is 13.2 Å². The molecule has 1 N–H and O–H groups in total. The molecule has 0 aliphatic carbocycles. The Bertz CT molecular complexity index is 910. The third-order valence-electron chi connectivity index (χ3n) is 5.76. The predicted octanol–water partition coefficient (Wildman–Crippen LogP) is 2.98. The normalized spacial score (nSPS) is 19.5. The van der Waals surface area contributed by atoms with Crippen LogP contribution in [0.2, 0.25) is 0 Å². The molecular formula is C23H30N4O2S. The molecule has 0 radical (unpaired) electrons. The molecule has 1 saturated heterocycles. The van der Waals surface area contributed by atoms with Gasteiger partial charge in [-0.25, -0.2) is 4.99 Å². The lowest BCUT2D eigenvalue weighted by atomic mass is 10.0. The Kier molecular flexibility index (Phi) is 6.69. The molecule has 1 aromatic carbocycles. The molecular weight excluding hydrogens is 396 g/mol. The van der Waals surface area contributed by atoms with Crippen LogP contribution in [-0.2, 0) is 22.5 Å². The van der Waals surface area contributed by atoms with Gasteiger partial charge >= 0.3 is 0 Å². The van der Waals surface area contributed by atoms with Crippen molar-refractivity contribution in [3.05, 3.63) is 57.3 Å². The fourth-order valence-electron chi connectivity index (χ4n) is 4.11. The van der Waals surface area contributed by atoms with Crippen molar-refractivity contribution >= 4 is 23.2 Å². The molecule has 7 heteroatoms. The topological polar surface area (TPSA) is 57.2 Å². The number of morpholine rings is 1. The number of thiophene rings is 1. The number of nitrogens with one attached hydrogen (secondary N) is 1. The number of rotatable bonds is 4. The predicted molar refractivity (Wildman–Crippen MR) is 121 cm³/mol. The number of hydrogen-bond acceptors (Lipinski definition) is 4. The molecule has 1 unspecified atom stereocenters. The van der Waals surface area contributed by atoms with Gasteiger partial charge in [0, 0.05) is 31.1 Å². The number of amides is 1. The maximum atomic E-state index is 12.8. The molecule has 1 fully saturated rings. The molecule has 4 rings (SSSR count). The van der Waals surface area contributed by atoms with Gasteiger partial charge in [0.2, 0.25) is 5.91 Å². The molecule has 2 aliphatic rings. The molecule has 160 valence electrons. The van der Waals surface area contributed by atoms with Gasteiger partial charge in [-0.3, -0.25) is 4.79 Å². The van der Waals surface area contributed by atoms with Crippen LogP contribution in [-0.4, -0.2) is 61.0 Å². The van der Waals surface area contributed by atoms with E-state index in [1.807, 2.05) is 4.90 Å². The molecule has 1 aromatic heterocycles. The Morgan fingerprint density at radius 1 is 1.27 bits per heavy atom. The highest BCUT2D eigenvalue weighted by Crippen LogP contribution is 2.25. The summed E-state index contributed by atoms with van der Waals surface area (Å²) in [7, 11) is 0. The Balaban J connectivity index is 1.42. The fraction of sp³-hybridized carbons (Fsp3) is 0.478. The minimum absolute atomic E-state index is 0.0126. The summed E-state index contributed by atoms with van der Waals surface area (Å²) in [6.45, 7) is 8.74. The molecule has 1 atom stereocenters. The quantitative estimate of drug-likeness (QED) is 0.603. The van der Waals surface area contributed by atoms with E-state index in [9.17, 15) is 4.79 Å². The van der Waals surface area contributed by atoms with Gasteiger partial charge in [0.25, 0.3) is 0 Å². The lowest BCUT2D eigenvalue weighted by Gasteiger charge is -2.36. The smallest absolute Gasteiger partial charge is 0.244 e. The van der Waals surface area contributed by atoms with Crippen molar-refractivity contribution in [2.24, 2.45) is 4.99 Å². The number of aliphatic imine (C=N–C) groups is 1. The molecule has 3 heterocycles. The second kappa shape index (κ2) is 9.62. The van der Waals surface area contributed by atoms with Crippen molar-refractivity contribution in [3.63, 3.8) is 0 Å². The van der Waals surface area contributed by atoms with Gasteiger partial charge in [0.1, 0.15) is 12.6 Å². The monoisotopic (exact) mass is 426 g/mol. The summed E-state index contributed by atoms with van der Waals surface area (Å²) < 4.78 is 6.05. The number of hydrogen-bond donors (Lipinski definition) is 1. The zero-order valence-electron chi connectivity index (χ0n) is 17.8. The average Bonchev–Trinajstić information content (AvgIpc) is 3.25. The highest BCUT2D eigenvalue weighted by molar-refractivity contribution is 7.10. The van der Waals surface area contributed by atoms with Crippen molar-refractivity contribution in [1.82, 2.24) is 15.1 Å². The van der Waals surface area contributed by atoms with E-state index >= 15 is 0 Å². The molecule has 0 saturated carbocycles. The summed E-state index contributed by atoms with van der Waals surface area (Å²) in [6.07, 6.45) is 0.961. The van der Waals surface area contributed by atoms with Gasteiger partial charge in [0.15, 0.2) is 5.96 Å². The van der Waals surface area contributed by atoms with Crippen LogP contribution >= 0.6 is 11.3 Å². The van der Waals surface area contributed by atoms with Crippen LogP contribution in [0.3, 0.4) is 0 Å². The van der Waals surface area contributed by atoms with E-state index in [0.717, 1.165) is 38.6 Å². The van der Waals surface area contributed by atoms with Crippen molar-refractivity contribution in [2.45, 2.75) is 32.9 Å². The van der Waals surface area contributed by atoms with Crippen molar-refractivity contribution in [3.8, 4) is 0 Å². The standard InChI is InChI=1S/C23H30N4O2S/c1-3-24-23(25-14-22(28)26-10-8-21-18(15-26)9-13-30-21)27-11-12-29-20(16-27)19-7-5-4-6-17(19)2/h4-7,9,13,20H,3,8,10-12,14-16H2,1-2H3,(H,24,25). The Labute approximate surface area is 182 Å². The first kappa shape index (κ1) is 20.9. The largest absolute Gasteiger partial charge is 0.370 e. The number of fused-ring (bicyclic) bond motifs is 1. The summed E-state index contributed by atoms with van der Waals surface area (Å²) >= 11 is 1.79. The van der Waals surface area contributed by atoms with E-state index in [-0.39, 0.29) is 18.6 Å². The minimum Gasteiger partial charge on any atom is -0.370 e. The van der Waals surface area contributed by atoms with Crippen LogP contribution in [0, 0.1) is 6.92 Å². The molecule has 1 amide bonds. The molecule has 2 aromatic rings. The first-order valence-corrected chi connectivity index (χ1v) is 11.6. The third kappa shape index (κ3) is 4.68. The highest BCUT2D eigenvalue weighted by atomic mass is 32.1. The van der Waals surface area contributed by atoms with Crippen LogP contribution in [0.5, 0.6) is 0 Å². The number of ether oxygens (including phenoxy) is 1. The number of nitrogens with zero attached hydrogens (tertiary/aromatic N) is 3. The molecule has 0 bridgehead atoms. The van der Waals surface area contributed by atoms with Gasteiger partial charge in [-0.2, -0.15) is 0 Å². The number of guanidine groups is 1. The van der Waals surface area contributed by atoms with Gasteiger partial charge < -0.3 is 19.9 Å². The number of carbonyl (C=O) groups excluding carboxylic acids is 1. The third-order valence-corrected chi connectivity index (χ3v) is 6.78. The van der Waals surface area contributed by atoms with Crippen molar-refractivity contribution in [1.29, 1.82) is 0 Å². The van der Waals surface area contributed by atoms with E-state index in [0.29, 0.717) is 13.2 Å². The van der Waals surface area contributed by atoms with Crippen molar-refractivity contribution in [2.75, 3.05) is 39.3 Å². The number of benzene rings is 1. The van der Waals surface area contributed by atoms with E-state index < -0.39 is 0 Å². The second-order valence-electron chi connectivity index (χ2n) is 7.77. The average molecular weight is 427 g/mol. The Morgan fingerprint density at radius 2 is 2.13 bits per heavy atom. The van der Waals surface area contributed by atoms with Crippen molar-refractivity contribution < 1.29 is 9.53 Å². The first-order chi connectivity index (χ1) is 14.7. The van der Waals surface area contributed by atoms with Crippen LogP contribution in [0.25, 0.3) is 0 Å². The highest BCUT2D eigenvalue weighted by Gasteiger charge is 2.26. The van der Waals surface area contributed by atoms with Crippen LogP contribution < -0.4 is 5.32 Å². The lowest BCUT2D eigenvalue weighted by molar-refractivity contribution is -0.130. The molecule has 6 nitrogen and oxygen atoms in total. The summed E-state index contributed by atoms with van der Waals surface area (Å²) in [5.41, 5.74) is 3.73. The van der Waals surface area contributed by atoms with Crippen LogP contribution in [0.15, 0.2) is 40.7 Å². The van der Waals surface area contributed by atoms with E-state index in [2.05, 4.69) is 59.8 Å². The van der Waals surface area contributed by atoms with Crippen LogP contribution in [0.1, 0.15) is 34.6 Å². The van der Waals surface area contributed by atoms with Crippen LogP contribution in [0.4, 0.5) is 0 Å². The minimum atomic E-state index is 0.0126. The van der Waals surface area contributed by atoms with Gasteiger partial charge in [-0.15, -0.1) is 11.3 Å². The maximum Gasteiger partial charge on any atom is 0.244 e. The second-order valence-corrected chi connectivity index (χ2v) is 8.77. The Morgan fingerprint density at radius 3 is 2.97 bits per heavy atom. The summed E-state index contributed by atoms with van der Waals surface area (Å²) in [4.78, 5) is 23.0. The van der Waals surface area contributed by atoms with E-state index in [1.165, 1.54) is 21.6 Å². The fourth-order valence-corrected chi connectivity index (χ4v) is 5.00. The molecule has 30 heavy (non-hydrogen) atoms. The Hall–Kier alpha value is -2.38. The molecule has 2 aliphatic heterocycles. The lowest BCUT2D eigenvalue weighted by Crippen LogP contribution is -2.48. The van der Waals surface area contributed by atoms with E-state index in [1.54, 1.807) is 11.3 Å². The molecule has 0 spiro atoms. The number of carbonyl (C=O) groups is 1. The van der Waals surface area contributed by atoms with Gasteiger partial charge in [-0.05, 0) is 48.4 Å². The summed E-state index contributed by atoms with van der Waals surface area (Å²) in [5, 5.41) is 5.47. The zero-order valence-corrected chi connectivity index (χ0v) is 18.6. The SMILES string of the molecule is CCNC(=NCC(=O)N1CCc2sccc2C1)N1CCOC(c2ccccc2C)C1. The summed E-state index contributed by atoms with van der Waals surface area (Å²) in [5.74, 6) is 0.881. The maximum absolute atomic E-state index is 12.8. The first-order valence-electron chi connectivity index (χ1n) is 10.7. The number of aryl methyl sites for hydroxylation is 1. The summed E-state index contributed by atoms with van der Waals surface area (Å²) in [6, 6.07) is 10.5.